The molecule has 0 N–H and O–H groups in total. The molecule has 6 nitrogen and oxygen atoms in total. The van der Waals surface area contributed by atoms with Crippen LogP contribution in [-0.2, 0) is 13.6 Å². The molecule has 0 fully saturated rings. The van der Waals surface area contributed by atoms with Gasteiger partial charge < -0.3 is 9.47 Å². The van der Waals surface area contributed by atoms with Crippen molar-refractivity contribution in [3.63, 3.8) is 0 Å². The van der Waals surface area contributed by atoms with Crippen LogP contribution in [0.15, 0.2) is 32.4 Å². The van der Waals surface area contributed by atoms with Crippen LogP contribution in [0.25, 0.3) is 0 Å². The van der Waals surface area contributed by atoms with E-state index in [1.54, 1.807) is 39.3 Å². The lowest BCUT2D eigenvalue weighted by Crippen LogP contribution is -2.40. The number of hydrogen-bond acceptors (Lipinski definition) is 4. The average Bonchev–Trinajstić information content (AvgIpc) is 2.54. The summed E-state index contributed by atoms with van der Waals surface area (Å²) in [6.07, 6.45) is 0. The molecule has 0 spiro atoms. The SMILES string of the molecule is COc1ccc(Cn2c(=O)c(C)c(Br)n(C)c2=O)cc1OC. The van der Waals surface area contributed by atoms with E-state index in [4.69, 9.17) is 9.47 Å². The van der Waals surface area contributed by atoms with Crippen LogP contribution in [0.3, 0.4) is 0 Å². The Hall–Kier alpha value is -2.02. The van der Waals surface area contributed by atoms with Crippen molar-refractivity contribution in [1.29, 1.82) is 0 Å². The Kier molecular flexibility index (Phi) is 4.75. The van der Waals surface area contributed by atoms with E-state index in [-0.39, 0.29) is 17.8 Å². The molecule has 2 aromatic rings. The molecule has 2 rings (SSSR count). The van der Waals surface area contributed by atoms with Gasteiger partial charge >= 0.3 is 5.69 Å². The largest absolute Gasteiger partial charge is 0.493 e. The van der Waals surface area contributed by atoms with E-state index in [1.165, 1.54) is 16.2 Å². The molecule has 0 amide bonds. The molecule has 0 aliphatic rings. The van der Waals surface area contributed by atoms with Crippen molar-refractivity contribution in [1.82, 2.24) is 9.13 Å². The molecule has 22 heavy (non-hydrogen) atoms. The number of benzene rings is 1. The highest BCUT2D eigenvalue weighted by Crippen LogP contribution is 2.27. The van der Waals surface area contributed by atoms with Gasteiger partial charge in [-0.25, -0.2) is 4.79 Å². The van der Waals surface area contributed by atoms with Gasteiger partial charge in [-0.05, 0) is 40.5 Å². The van der Waals surface area contributed by atoms with Crippen molar-refractivity contribution in [2.45, 2.75) is 13.5 Å². The monoisotopic (exact) mass is 368 g/mol. The highest BCUT2D eigenvalue weighted by molar-refractivity contribution is 9.10. The number of hydrogen-bond donors (Lipinski definition) is 0. The average molecular weight is 369 g/mol. The molecule has 0 bridgehead atoms. The fourth-order valence-corrected chi connectivity index (χ4v) is 2.52. The minimum absolute atomic E-state index is 0.167. The molecule has 0 aliphatic heterocycles. The van der Waals surface area contributed by atoms with E-state index in [1.807, 2.05) is 0 Å². The lowest BCUT2D eigenvalue weighted by atomic mass is 10.2. The third-order valence-corrected chi connectivity index (χ3v) is 4.60. The van der Waals surface area contributed by atoms with E-state index in [9.17, 15) is 9.59 Å². The van der Waals surface area contributed by atoms with Crippen molar-refractivity contribution in [2.75, 3.05) is 14.2 Å². The molecule has 0 saturated heterocycles. The zero-order valence-corrected chi connectivity index (χ0v) is 14.4. The minimum Gasteiger partial charge on any atom is -0.493 e. The summed E-state index contributed by atoms with van der Waals surface area (Å²) in [6, 6.07) is 5.29. The van der Waals surface area contributed by atoms with Crippen LogP contribution >= 0.6 is 15.9 Å². The summed E-state index contributed by atoms with van der Waals surface area (Å²) in [6.45, 7) is 1.84. The summed E-state index contributed by atoms with van der Waals surface area (Å²) in [5.74, 6) is 1.15. The van der Waals surface area contributed by atoms with Gasteiger partial charge in [-0.3, -0.25) is 13.9 Å². The predicted molar refractivity (Wildman–Crippen MR) is 87.0 cm³/mol. The molecule has 0 unspecified atom stereocenters. The molecule has 118 valence electrons. The molecule has 7 heteroatoms. The number of methoxy groups -OCH3 is 2. The topological polar surface area (TPSA) is 62.5 Å². The Bertz CT molecular complexity index is 786. The maximum absolute atomic E-state index is 12.3. The first-order valence-electron chi connectivity index (χ1n) is 6.57. The van der Waals surface area contributed by atoms with E-state index < -0.39 is 0 Å². The number of halogens is 1. The molecular weight excluding hydrogens is 352 g/mol. The lowest BCUT2D eigenvalue weighted by Gasteiger charge is -2.13. The van der Waals surface area contributed by atoms with Crippen LogP contribution in [-0.4, -0.2) is 23.4 Å². The molecule has 0 radical (unpaired) electrons. The van der Waals surface area contributed by atoms with Crippen molar-refractivity contribution in [2.24, 2.45) is 7.05 Å². The molecule has 0 saturated carbocycles. The second kappa shape index (κ2) is 6.39. The van der Waals surface area contributed by atoms with Crippen molar-refractivity contribution in [3.05, 3.63) is 54.8 Å². The number of ether oxygens (including phenoxy) is 2. The Morgan fingerprint density at radius 3 is 2.36 bits per heavy atom. The van der Waals surface area contributed by atoms with Gasteiger partial charge in [0, 0.05) is 12.6 Å². The van der Waals surface area contributed by atoms with Gasteiger partial charge in [-0.15, -0.1) is 0 Å². The van der Waals surface area contributed by atoms with Gasteiger partial charge in [0.05, 0.1) is 25.4 Å². The highest BCUT2D eigenvalue weighted by Gasteiger charge is 2.13. The van der Waals surface area contributed by atoms with Crippen molar-refractivity contribution in [3.8, 4) is 11.5 Å². The van der Waals surface area contributed by atoms with Crippen LogP contribution in [0.2, 0.25) is 0 Å². The summed E-state index contributed by atoms with van der Waals surface area (Å²) < 4.78 is 13.5. The van der Waals surface area contributed by atoms with E-state index in [2.05, 4.69) is 15.9 Å². The number of rotatable bonds is 4. The highest BCUT2D eigenvalue weighted by atomic mass is 79.9. The summed E-state index contributed by atoms with van der Waals surface area (Å²) >= 11 is 3.26. The zero-order chi connectivity index (χ0) is 16.4. The fourth-order valence-electron chi connectivity index (χ4n) is 2.20. The lowest BCUT2D eigenvalue weighted by molar-refractivity contribution is 0.354. The first kappa shape index (κ1) is 16.4. The van der Waals surface area contributed by atoms with Crippen LogP contribution < -0.4 is 20.7 Å². The molecule has 0 aliphatic carbocycles. The summed E-state index contributed by atoms with van der Waals surface area (Å²) in [7, 11) is 4.70. The standard InChI is InChI=1S/C15H17BrN2O4/c1-9-13(16)17(2)15(20)18(14(9)19)8-10-5-6-11(21-3)12(7-10)22-4/h5-7H,8H2,1-4H3. The van der Waals surface area contributed by atoms with Gasteiger partial charge in [0.15, 0.2) is 11.5 Å². The van der Waals surface area contributed by atoms with Gasteiger partial charge in [-0.1, -0.05) is 6.07 Å². The summed E-state index contributed by atoms with van der Waals surface area (Å²) in [5.41, 5.74) is 0.572. The normalized spacial score (nSPS) is 10.6. The Morgan fingerprint density at radius 1 is 1.14 bits per heavy atom. The summed E-state index contributed by atoms with van der Waals surface area (Å²) in [5, 5.41) is 0. The van der Waals surface area contributed by atoms with Gasteiger partial charge in [0.25, 0.3) is 5.56 Å². The first-order valence-corrected chi connectivity index (χ1v) is 7.36. The first-order chi connectivity index (χ1) is 10.4. The zero-order valence-electron chi connectivity index (χ0n) is 12.8. The van der Waals surface area contributed by atoms with Crippen LogP contribution in [0.4, 0.5) is 0 Å². The predicted octanol–water partition coefficient (Wildman–Crippen LogP) is 1.68. The van der Waals surface area contributed by atoms with Gasteiger partial charge in [-0.2, -0.15) is 0 Å². The Morgan fingerprint density at radius 2 is 1.77 bits per heavy atom. The maximum Gasteiger partial charge on any atom is 0.331 e. The maximum atomic E-state index is 12.3. The number of nitrogens with zero attached hydrogens (tertiary/aromatic N) is 2. The molecular formula is C15H17BrN2O4. The second-order valence-corrected chi connectivity index (χ2v) is 5.59. The smallest absolute Gasteiger partial charge is 0.331 e. The second-order valence-electron chi connectivity index (χ2n) is 4.84. The fraction of sp³-hybridized carbons (Fsp3) is 0.333. The van der Waals surface area contributed by atoms with Crippen LogP contribution in [0.1, 0.15) is 11.1 Å². The Labute approximate surface area is 136 Å². The minimum atomic E-state index is -0.378. The van der Waals surface area contributed by atoms with Crippen molar-refractivity contribution >= 4 is 15.9 Å². The molecule has 1 aromatic heterocycles. The van der Waals surface area contributed by atoms with Crippen LogP contribution in [0.5, 0.6) is 11.5 Å². The Balaban J connectivity index is 2.53. The van der Waals surface area contributed by atoms with E-state index in [0.717, 1.165) is 5.56 Å². The quantitative estimate of drug-likeness (QED) is 0.770. The number of aromatic nitrogens is 2. The molecule has 1 heterocycles. The van der Waals surface area contributed by atoms with Crippen LogP contribution in [0, 0.1) is 6.92 Å². The van der Waals surface area contributed by atoms with Gasteiger partial charge in [0.2, 0.25) is 0 Å². The van der Waals surface area contributed by atoms with Crippen molar-refractivity contribution < 1.29 is 9.47 Å². The molecule has 1 aromatic carbocycles. The third kappa shape index (κ3) is 2.81. The van der Waals surface area contributed by atoms with E-state index >= 15 is 0 Å². The summed E-state index contributed by atoms with van der Waals surface area (Å²) in [4.78, 5) is 24.6. The third-order valence-electron chi connectivity index (χ3n) is 3.48. The molecule has 0 atom stereocenters. The van der Waals surface area contributed by atoms with E-state index in [0.29, 0.717) is 21.7 Å². The van der Waals surface area contributed by atoms with Gasteiger partial charge in [0.1, 0.15) is 0 Å².